The largest absolute Gasteiger partial charge is 0.494 e. The van der Waals surface area contributed by atoms with Crippen molar-refractivity contribution in [2.45, 2.75) is 4.90 Å². The first kappa shape index (κ1) is 20.1. The number of aromatic nitrogens is 2. The van der Waals surface area contributed by atoms with Crippen molar-refractivity contribution in [2.24, 2.45) is 5.10 Å². The summed E-state index contributed by atoms with van der Waals surface area (Å²) in [5.41, 5.74) is 3.18. The van der Waals surface area contributed by atoms with Crippen molar-refractivity contribution in [3.05, 3.63) is 70.7 Å². The van der Waals surface area contributed by atoms with Gasteiger partial charge in [0.15, 0.2) is 17.4 Å². The summed E-state index contributed by atoms with van der Waals surface area (Å²) >= 11 is 0. The molecular weight excluding hydrogens is 430 g/mol. The summed E-state index contributed by atoms with van der Waals surface area (Å²) in [5.74, 6) is 0.653. The van der Waals surface area contributed by atoms with E-state index in [1.54, 1.807) is 6.07 Å². The Hall–Kier alpha value is -4.17. The lowest BCUT2D eigenvalue weighted by Gasteiger charge is -2.27. The minimum absolute atomic E-state index is 0.0863. The van der Waals surface area contributed by atoms with Crippen molar-refractivity contribution in [2.75, 3.05) is 17.3 Å². The number of amidine groups is 1. The molecule has 0 saturated carbocycles. The summed E-state index contributed by atoms with van der Waals surface area (Å²) in [6, 6.07) is 9.71. The molecule has 31 heavy (non-hydrogen) atoms. The molecular formula is C17H15N7O6S. The lowest BCUT2D eigenvalue weighted by atomic mass is 10.2. The van der Waals surface area contributed by atoms with Gasteiger partial charge in [-0.2, -0.15) is 13.5 Å². The predicted octanol–water partition coefficient (Wildman–Crippen LogP) is 1.68. The number of H-pyrrole nitrogens is 1. The van der Waals surface area contributed by atoms with Gasteiger partial charge in [0, 0.05) is 11.6 Å². The van der Waals surface area contributed by atoms with Crippen molar-refractivity contribution in [1.29, 1.82) is 0 Å². The number of rotatable bonds is 6. The summed E-state index contributed by atoms with van der Waals surface area (Å²) in [4.78, 5) is 17.1. The maximum atomic E-state index is 11.8. The number of hydrogen-bond acceptors (Lipinski definition) is 10. The second-order valence-electron chi connectivity index (χ2n) is 6.18. The number of imidazole rings is 1. The number of aromatic amines is 1. The van der Waals surface area contributed by atoms with Crippen LogP contribution in [0.2, 0.25) is 0 Å². The van der Waals surface area contributed by atoms with Gasteiger partial charge in [-0.15, -0.1) is 10.2 Å². The van der Waals surface area contributed by atoms with E-state index in [0.29, 0.717) is 11.5 Å². The van der Waals surface area contributed by atoms with Gasteiger partial charge in [0.05, 0.1) is 30.6 Å². The van der Waals surface area contributed by atoms with Crippen LogP contribution in [-0.2, 0) is 10.1 Å². The number of methoxy groups -OCH3 is 1. The molecule has 1 aromatic heterocycles. The Morgan fingerprint density at radius 2 is 2.00 bits per heavy atom. The van der Waals surface area contributed by atoms with Crippen molar-refractivity contribution < 1.29 is 22.6 Å². The molecule has 14 heteroatoms. The van der Waals surface area contributed by atoms with Crippen LogP contribution in [0.5, 0.6) is 5.75 Å². The number of nitro benzene ring substituents is 1. The zero-order valence-corrected chi connectivity index (χ0v) is 16.6. The molecule has 0 spiro atoms. The number of nitrogens with zero attached hydrogens (tertiary/aromatic N) is 5. The number of hydrazone groups is 1. The van der Waals surface area contributed by atoms with E-state index in [0.717, 1.165) is 0 Å². The first-order chi connectivity index (χ1) is 14.8. The monoisotopic (exact) mass is 445 g/mol. The zero-order valence-electron chi connectivity index (χ0n) is 15.8. The van der Waals surface area contributed by atoms with E-state index >= 15 is 0 Å². The van der Waals surface area contributed by atoms with E-state index in [9.17, 15) is 23.1 Å². The highest BCUT2D eigenvalue weighted by molar-refractivity contribution is 7.86. The Morgan fingerprint density at radius 3 is 2.65 bits per heavy atom. The molecule has 3 N–H and O–H groups in total. The van der Waals surface area contributed by atoms with Crippen LogP contribution >= 0.6 is 0 Å². The van der Waals surface area contributed by atoms with Gasteiger partial charge in [0.25, 0.3) is 15.8 Å². The second kappa shape index (κ2) is 7.58. The van der Waals surface area contributed by atoms with Crippen LogP contribution in [0.3, 0.4) is 0 Å². The number of nitro groups is 1. The smallest absolute Gasteiger partial charge is 0.295 e. The molecule has 13 nitrogen and oxygen atoms in total. The SMILES string of the molecule is COc1cc([N+](=O)[O-])ccc1N1N=C(c2ccccc2S(=O)(=O)O)NN1c1cnc[nH]1. The number of benzene rings is 2. The van der Waals surface area contributed by atoms with Crippen molar-refractivity contribution in [3.8, 4) is 5.75 Å². The summed E-state index contributed by atoms with van der Waals surface area (Å²) < 4.78 is 38.5. The van der Waals surface area contributed by atoms with Gasteiger partial charge in [-0.05, 0) is 18.2 Å². The molecule has 0 saturated heterocycles. The lowest BCUT2D eigenvalue weighted by Crippen LogP contribution is -2.45. The van der Waals surface area contributed by atoms with Gasteiger partial charge < -0.3 is 9.72 Å². The van der Waals surface area contributed by atoms with Crippen LogP contribution in [0.15, 0.2) is 65.0 Å². The number of non-ortho nitro benzene ring substituents is 1. The summed E-state index contributed by atoms with van der Waals surface area (Å²) in [5, 5.41) is 18.2. The van der Waals surface area contributed by atoms with Crippen LogP contribution in [0.25, 0.3) is 0 Å². The molecule has 4 rings (SSSR count). The molecule has 2 heterocycles. The van der Waals surface area contributed by atoms with E-state index in [4.69, 9.17) is 4.74 Å². The zero-order chi connectivity index (χ0) is 22.2. The average molecular weight is 445 g/mol. The van der Waals surface area contributed by atoms with Crippen LogP contribution < -0.4 is 20.4 Å². The second-order valence-corrected chi connectivity index (χ2v) is 7.57. The molecule has 0 amide bonds. The maximum absolute atomic E-state index is 11.8. The van der Waals surface area contributed by atoms with E-state index < -0.39 is 15.0 Å². The van der Waals surface area contributed by atoms with Gasteiger partial charge in [-0.1, -0.05) is 12.1 Å². The molecule has 0 atom stereocenters. The highest BCUT2D eigenvalue weighted by atomic mass is 32.2. The van der Waals surface area contributed by atoms with E-state index in [2.05, 4.69) is 20.5 Å². The third-order valence-electron chi connectivity index (χ3n) is 4.32. The maximum Gasteiger partial charge on any atom is 0.295 e. The van der Waals surface area contributed by atoms with Crippen LogP contribution in [0.4, 0.5) is 17.2 Å². The molecule has 0 bridgehead atoms. The topological polar surface area (TPSA) is 166 Å². The molecule has 0 aliphatic carbocycles. The normalized spacial score (nSPS) is 13.7. The fourth-order valence-corrected chi connectivity index (χ4v) is 3.64. The standard InChI is InChI=1S/C17H15N7O6S/c1-30-14-8-11(24(25)26)6-7-13(14)22-20-17(21-23(22)16-9-18-10-19-16)12-4-2-3-5-15(12)31(27,28)29/h2-10H,1H3,(H,18,19)(H,20,21)(H,27,28,29). The quantitative estimate of drug-likeness (QED) is 0.288. The van der Waals surface area contributed by atoms with Gasteiger partial charge >= 0.3 is 0 Å². The summed E-state index contributed by atoms with van der Waals surface area (Å²) in [6.45, 7) is 0. The third kappa shape index (κ3) is 3.72. The van der Waals surface area contributed by atoms with Crippen molar-refractivity contribution in [1.82, 2.24) is 15.4 Å². The molecule has 2 aromatic carbocycles. The highest BCUT2D eigenvalue weighted by Gasteiger charge is 2.32. The number of ether oxygens (including phenoxy) is 1. The number of anilines is 2. The Balaban J connectivity index is 1.86. The molecule has 1 aliphatic heterocycles. The summed E-state index contributed by atoms with van der Waals surface area (Å²) in [7, 11) is -3.18. The van der Waals surface area contributed by atoms with E-state index in [1.165, 1.54) is 66.3 Å². The van der Waals surface area contributed by atoms with Gasteiger partial charge in [0.1, 0.15) is 10.6 Å². The molecule has 160 valence electrons. The third-order valence-corrected chi connectivity index (χ3v) is 5.23. The molecule has 3 aromatic rings. The number of hydrazine groups is 2. The molecule has 0 radical (unpaired) electrons. The Kier molecular flexibility index (Phi) is 4.92. The molecule has 0 unspecified atom stereocenters. The van der Waals surface area contributed by atoms with Crippen LogP contribution in [0.1, 0.15) is 5.56 Å². The Labute approximate surface area is 175 Å². The summed E-state index contributed by atoms with van der Waals surface area (Å²) in [6.07, 6.45) is 2.90. The fourth-order valence-electron chi connectivity index (χ4n) is 2.94. The predicted molar refractivity (Wildman–Crippen MR) is 109 cm³/mol. The Morgan fingerprint density at radius 1 is 1.23 bits per heavy atom. The van der Waals surface area contributed by atoms with Crippen LogP contribution in [-0.4, -0.2) is 40.8 Å². The van der Waals surface area contributed by atoms with Crippen molar-refractivity contribution >= 4 is 33.1 Å². The first-order valence-corrected chi connectivity index (χ1v) is 10.1. The lowest BCUT2D eigenvalue weighted by molar-refractivity contribution is -0.384. The minimum atomic E-state index is -4.53. The first-order valence-electron chi connectivity index (χ1n) is 8.62. The number of nitrogens with one attached hydrogen (secondary N) is 2. The minimum Gasteiger partial charge on any atom is -0.494 e. The molecule has 0 fully saturated rings. The van der Waals surface area contributed by atoms with Crippen LogP contribution in [0, 0.1) is 10.1 Å². The molecule has 1 aliphatic rings. The average Bonchev–Trinajstić information content (AvgIpc) is 3.42. The fraction of sp³-hybridized carbons (Fsp3) is 0.0588. The highest BCUT2D eigenvalue weighted by Crippen LogP contribution is 2.35. The van der Waals surface area contributed by atoms with Crippen molar-refractivity contribution in [3.63, 3.8) is 0 Å². The van der Waals surface area contributed by atoms with Gasteiger partial charge in [0.2, 0.25) is 0 Å². The number of hydrogen-bond donors (Lipinski definition) is 3. The van der Waals surface area contributed by atoms with E-state index in [-0.39, 0.29) is 27.7 Å². The van der Waals surface area contributed by atoms with Gasteiger partial charge in [-0.25, -0.2) is 4.98 Å². The van der Waals surface area contributed by atoms with E-state index in [1.807, 2.05) is 0 Å². The Bertz CT molecular complexity index is 1280. The van der Waals surface area contributed by atoms with Gasteiger partial charge in [-0.3, -0.25) is 20.1 Å².